The van der Waals surface area contributed by atoms with Crippen molar-refractivity contribution in [3.05, 3.63) is 0 Å². The van der Waals surface area contributed by atoms with E-state index in [0.29, 0.717) is 11.2 Å². The maximum atomic E-state index is 6.02. The summed E-state index contributed by atoms with van der Waals surface area (Å²) in [6.07, 6.45) is 2.71. The molecule has 0 heterocycles. The molecule has 4 atom stereocenters. The highest BCUT2D eigenvalue weighted by Gasteiger charge is 2.52. The van der Waals surface area contributed by atoms with E-state index in [-0.39, 0.29) is 0 Å². The Kier molecular flexibility index (Phi) is 1.44. The van der Waals surface area contributed by atoms with Crippen LogP contribution in [-0.4, -0.2) is 7.85 Å². The smallest absolute Gasteiger partial charge is 0.0297 e. The fourth-order valence-corrected chi connectivity index (χ4v) is 3.19. The van der Waals surface area contributed by atoms with Crippen molar-refractivity contribution < 1.29 is 0 Å². The van der Waals surface area contributed by atoms with Crippen LogP contribution in [0.1, 0.15) is 33.6 Å². The van der Waals surface area contributed by atoms with Gasteiger partial charge >= 0.3 is 0 Å². The molecule has 0 spiro atoms. The zero-order valence-corrected chi connectivity index (χ0v) is 7.80. The predicted molar refractivity (Wildman–Crippen MR) is 48.7 cm³/mol. The summed E-state index contributed by atoms with van der Waals surface area (Å²) in [7, 11) is 6.02. The van der Waals surface area contributed by atoms with Crippen LogP contribution < -0.4 is 0 Å². The van der Waals surface area contributed by atoms with E-state index >= 15 is 0 Å². The molecule has 0 saturated heterocycles. The van der Waals surface area contributed by atoms with Crippen LogP contribution in [0.5, 0.6) is 0 Å². The lowest BCUT2D eigenvalue weighted by Crippen LogP contribution is -2.53. The molecule has 0 amide bonds. The van der Waals surface area contributed by atoms with Gasteiger partial charge in [0.05, 0.1) is 0 Å². The van der Waals surface area contributed by atoms with Crippen molar-refractivity contribution in [2.45, 2.75) is 39.4 Å². The minimum Gasteiger partial charge on any atom is -0.621 e. The Morgan fingerprint density at radius 3 is 2.27 bits per heavy atom. The number of rotatable bonds is 0. The SMILES string of the molecule is [B-][C@@H]1C[C@@H]2C[C@H]([C@H]1C)C2(C)C. The minimum atomic E-state index is 0.492. The van der Waals surface area contributed by atoms with E-state index in [1.54, 1.807) is 0 Å². The third-order valence-corrected chi connectivity index (χ3v) is 4.41. The van der Waals surface area contributed by atoms with Gasteiger partial charge in [-0.25, -0.2) is 0 Å². The van der Waals surface area contributed by atoms with E-state index in [9.17, 15) is 0 Å². The molecule has 3 fully saturated rings. The molecule has 2 bridgehead atoms. The van der Waals surface area contributed by atoms with Crippen LogP contribution in [0, 0.1) is 23.2 Å². The van der Waals surface area contributed by atoms with Gasteiger partial charge in [0.2, 0.25) is 0 Å². The van der Waals surface area contributed by atoms with Crippen LogP contribution in [0.2, 0.25) is 5.82 Å². The summed E-state index contributed by atoms with van der Waals surface area (Å²) in [5, 5.41) is 0. The quantitative estimate of drug-likeness (QED) is 0.463. The van der Waals surface area contributed by atoms with Crippen molar-refractivity contribution in [3.8, 4) is 0 Å². The Morgan fingerprint density at radius 2 is 1.91 bits per heavy atom. The maximum Gasteiger partial charge on any atom is -0.0297 e. The highest BCUT2D eigenvalue weighted by Crippen LogP contribution is 2.63. The second-order valence-electron chi connectivity index (χ2n) is 5.12. The standard InChI is InChI=1S/C10H17B/c1-6-8-4-7(5-9(6)11)10(8,2)3/h6-9H,4-5H2,1-3H3/q-1/t6-,7+,8-,9-/m1/s1. The Morgan fingerprint density at radius 1 is 1.27 bits per heavy atom. The van der Waals surface area contributed by atoms with E-state index in [1.807, 2.05) is 0 Å². The molecular weight excluding hydrogens is 131 g/mol. The number of hydrogen-bond acceptors (Lipinski definition) is 0. The van der Waals surface area contributed by atoms with Gasteiger partial charge in [-0.3, -0.25) is 5.82 Å². The molecule has 1 heteroatoms. The van der Waals surface area contributed by atoms with Gasteiger partial charge in [-0.2, -0.15) is 0 Å². The Labute approximate surface area is 71.2 Å². The summed E-state index contributed by atoms with van der Waals surface area (Å²) in [5.41, 5.74) is 0.606. The van der Waals surface area contributed by atoms with Crippen LogP contribution >= 0.6 is 0 Å². The van der Waals surface area contributed by atoms with E-state index in [1.165, 1.54) is 12.8 Å². The molecular formula is C10H17B-. The van der Waals surface area contributed by atoms with Gasteiger partial charge in [-0.1, -0.05) is 33.1 Å². The molecule has 0 aliphatic heterocycles. The second kappa shape index (κ2) is 2.05. The summed E-state index contributed by atoms with van der Waals surface area (Å²) in [5.74, 6) is 3.09. The normalized spacial score (nSPS) is 53.5. The minimum absolute atomic E-state index is 0.492. The van der Waals surface area contributed by atoms with Crippen LogP contribution in [0.3, 0.4) is 0 Å². The highest BCUT2D eigenvalue weighted by atomic mass is 14.6. The Hall–Kier alpha value is 0.0649. The first-order valence-electron chi connectivity index (χ1n) is 4.79. The zero-order chi connectivity index (χ0) is 8.22. The lowest BCUT2D eigenvalue weighted by atomic mass is 9.41. The number of hydrogen-bond donors (Lipinski definition) is 0. The van der Waals surface area contributed by atoms with Crippen LogP contribution in [0.4, 0.5) is 0 Å². The third-order valence-electron chi connectivity index (χ3n) is 4.41. The first-order valence-corrected chi connectivity index (χ1v) is 4.79. The zero-order valence-electron chi connectivity index (χ0n) is 7.80. The topological polar surface area (TPSA) is 0 Å². The lowest BCUT2D eigenvalue weighted by Gasteiger charge is -2.65. The van der Waals surface area contributed by atoms with E-state index in [2.05, 4.69) is 20.8 Å². The summed E-state index contributed by atoms with van der Waals surface area (Å²) >= 11 is 0. The Balaban J connectivity index is 2.17. The van der Waals surface area contributed by atoms with Crippen molar-refractivity contribution >= 4 is 7.85 Å². The van der Waals surface area contributed by atoms with Gasteiger partial charge in [0.1, 0.15) is 0 Å². The Bertz CT molecular complexity index is 174. The molecule has 0 nitrogen and oxygen atoms in total. The van der Waals surface area contributed by atoms with Gasteiger partial charge in [0.15, 0.2) is 0 Å². The summed E-state index contributed by atoms with van der Waals surface area (Å²) < 4.78 is 0. The molecule has 3 aliphatic rings. The van der Waals surface area contributed by atoms with Gasteiger partial charge in [-0.05, 0) is 23.7 Å². The fraction of sp³-hybridized carbons (Fsp3) is 1.00. The van der Waals surface area contributed by atoms with Crippen molar-refractivity contribution in [1.82, 2.24) is 0 Å². The molecule has 11 heavy (non-hydrogen) atoms. The van der Waals surface area contributed by atoms with Crippen LogP contribution in [0.15, 0.2) is 0 Å². The van der Waals surface area contributed by atoms with E-state index < -0.39 is 0 Å². The average molecular weight is 148 g/mol. The van der Waals surface area contributed by atoms with Gasteiger partial charge < -0.3 is 7.85 Å². The average Bonchev–Trinajstić information content (AvgIpc) is 1.93. The predicted octanol–water partition coefficient (Wildman–Crippen LogP) is 2.65. The monoisotopic (exact) mass is 148 g/mol. The van der Waals surface area contributed by atoms with Gasteiger partial charge in [0.25, 0.3) is 0 Å². The van der Waals surface area contributed by atoms with Crippen molar-refractivity contribution in [1.29, 1.82) is 0 Å². The molecule has 0 aromatic carbocycles. The highest BCUT2D eigenvalue weighted by molar-refractivity contribution is 6.12. The molecule has 61 valence electrons. The summed E-state index contributed by atoms with van der Waals surface area (Å²) in [6, 6.07) is 0. The summed E-state index contributed by atoms with van der Waals surface area (Å²) in [4.78, 5) is 0. The molecule has 0 N–H and O–H groups in total. The largest absolute Gasteiger partial charge is 0.621 e. The van der Waals surface area contributed by atoms with E-state index in [4.69, 9.17) is 7.85 Å². The third kappa shape index (κ3) is 0.831. The first-order chi connectivity index (χ1) is 5.03. The molecule has 3 radical (unpaired) electrons. The van der Waals surface area contributed by atoms with Gasteiger partial charge in [0, 0.05) is 0 Å². The second-order valence-corrected chi connectivity index (χ2v) is 5.12. The molecule has 3 rings (SSSR count). The van der Waals surface area contributed by atoms with Crippen LogP contribution in [-0.2, 0) is 0 Å². The number of fused-ring (bicyclic) bond motifs is 2. The van der Waals surface area contributed by atoms with Crippen molar-refractivity contribution in [2.75, 3.05) is 0 Å². The summed E-state index contributed by atoms with van der Waals surface area (Å²) in [6.45, 7) is 7.15. The van der Waals surface area contributed by atoms with Crippen molar-refractivity contribution in [2.24, 2.45) is 23.2 Å². The van der Waals surface area contributed by atoms with Gasteiger partial charge in [-0.15, -0.1) is 0 Å². The molecule has 0 aromatic heterocycles. The van der Waals surface area contributed by atoms with Crippen molar-refractivity contribution in [3.63, 3.8) is 0 Å². The lowest BCUT2D eigenvalue weighted by molar-refractivity contribution is -0.0979. The maximum absolute atomic E-state index is 6.02. The van der Waals surface area contributed by atoms with Crippen LogP contribution in [0.25, 0.3) is 0 Å². The first kappa shape index (κ1) is 7.70. The molecule has 3 aliphatic carbocycles. The molecule has 3 saturated carbocycles. The molecule has 0 unspecified atom stereocenters. The van der Waals surface area contributed by atoms with E-state index in [0.717, 1.165) is 17.8 Å². The molecule has 0 aromatic rings. The fourth-order valence-electron chi connectivity index (χ4n) is 3.19.